The molecule has 0 unspecified atom stereocenters. The first-order valence-corrected chi connectivity index (χ1v) is 4.39. The van der Waals surface area contributed by atoms with Gasteiger partial charge in [-0.15, -0.1) is 0 Å². The number of nitrogens with zero attached hydrogens (tertiary/aromatic N) is 2. The van der Waals surface area contributed by atoms with Gasteiger partial charge < -0.3 is 9.84 Å². The summed E-state index contributed by atoms with van der Waals surface area (Å²) in [5, 5.41) is 14.2. The highest BCUT2D eigenvalue weighted by molar-refractivity contribution is 5.16. The Balaban J connectivity index is 2.10. The van der Waals surface area contributed by atoms with Crippen molar-refractivity contribution in [2.45, 2.75) is 24.5 Å². The van der Waals surface area contributed by atoms with Crippen LogP contribution >= 0.6 is 0 Å². The molecule has 0 saturated heterocycles. The second kappa shape index (κ2) is 2.82. The smallest absolute Gasteiger partial charge is 0.113 e. The molecule has 1 fully saturated rings. The summed E-state index contributed by atoms with van der Waals surface area (Å²) in [6.07, 6.45) is 3.33. The maximum absolute atomic E-state index is 10.0. The average molecular weight is 182 g/mol. The number of hydrogen-bond acceptors (Lipinski definition) is 3. The fourth-order valence-corrected chi connectivity index (χ4v) is 1.73. The minimum Gasteiger partial charge on any atom is -0.383 e. The van der Waals surface area contributed by atoms with E-state index in [2.05, 4.69) is 5.10 Å². The lowest BCUT2D eigenvalue weighted by molar-refractivity contribution is -0.135. The number of ether oxygens (including phenoxy) is 1. The molecule has 0 amide bonds. The lowest BCUT2D eigenvalue weighted by Gasteiger charge is -2.41. The van der Waals surface area contributed by atoms with Gasteiger partial charge in [0, 0.05) is 33.2 Å². The molecule has 0 spiro atoms. The molecular weight excluding hydrogens is 168 g/mol. The Morgan fingerprint density at radius 2 is 2.38 bits per heavy atom. The van der Waals surface area contributed by atoms with Crippen molar-refractivity contribution < 1.29 is 9.84 Å². The van der Waals surface area contributed by atoms with Crippen LogP contribution in [0.4, 0.5) is 0 Å². The summed E-state index contributed by atoms with van der Waals surface area (Å²) in [6, 6.07) is 1.85. The second-order valence-corrected chi connectivity index (χ2v) is 3.67. The summed E-state index contributed by atoms with van der Waals surface area (Å²) >= 11 is 0. The van der Waals surface area contributed by atoms with Crippen molar-refractivity contribution in [3.63, 3.8) is 0 Å². The lowest BCUT2D eigenvalue weighted by atomic mass is 9.75. The summed E-state index contributed by atoms with van der Waals surface area (Å²) in [7, 11) is 3.52. The molecule has 0 aliphatic heterocycles. The van der Waals surface area contributed by atoms with Crippen molar-refractivity contribution in [3.05, 3.63) is 18.0 Å². The highest BCUT2D eigenvalue weighted by Gasteiger charge is 2.45. The summed E-state index contributed by atoms with van der Waals surface area (Å²) in [4.78, 5) is 0. The number of hydrogen-bond donors (Lipinski definition) is 1. The number of aromatic nitrogens is 2. The van der Waals surface area contributed by atoms with E-state index in [0.29, 0.717) is 12.8 Å². The van der Waals surface area contributed by atoms with E-state index in [0.717, 1.165) is 5.69 Å². The van der Waals surface area contributed by atoms with Gasteiger partial charge in [0.2, 0.25) is 0 Å². The van der Waals surface area contributed by atoms with Crippen LogP contribution in [0.5, 0.6) is 0 Å². The highest BCUT2D eigenvalue weighted by atomic mass is 16.5. The molecule has 1 aliphatic carbocycles. The zero-order valence-corrected chi connectivity index (χ0v) is 7.90. The fourth-order valence-electron chi connectivity index (χ4n) is 1.73. The third kappa shape index (κ3) is 1.36. The van der Waals surface area contributed by atoms with Crippen molar-refractivity contribution in [1.82, 2.24) is 9.78 Å². The van der Waals surface area contributed by atoms with E-state index in [1.54, 1.807) is 11.8 Å². The van der Waals surface area contributed by atoms with Crippen LogP contribution in [0.2, 0.25) is 0 Å². The van der Waals surface area contributed by atoms with E-state index in [-0.39, 0.29) is 6.10 Å². The van der Waals surface area contributed by atoms with E-state index < -0.39 is 5.60 Å². The Morgan fingerprint density at radius 1 is 1.69 bits per heavy atom. The van der Waals surface area contributed by atoms with E-state index in [4.69, 9.17) is 4.74 Å². The molecule has 1 aromatic heterocycles. The van der Waals surface area contributed by atoms with Crippen molar-refractivity contribution >= 4 is 0 Å². The largest absolute Gasteiger partial charge is 0.383 e. The van der Waals surface area contributed by atoms with Crippen molar-refractivity contribution in [3.8, 4) is 0 Å². The van der Waals surface area contributed by atoms with Gasteiger partial charge in [-0.3, -0.25) is 4.68 Å². The Morgan fingerprint density at radius 3 is 2.85 bits per heavy atom. The first kappa shape index (κ1) is 8.72. The molecule has 1 saturated carbocycles. The molecule has 1 N–H and O–H groups in total. The number of aryl methyl sites for hydroxylation is 1. The molecule has 0 aromatic carbocycles. The minimum atomic E-state index is -0.748. The lowest BCUT2D eigenvalue weighted by Crippen LogP contribution is -2.45. The quantitative estimate of drug-likeness (QED) is 0.721. The van der Waals surface area contributed by atoms with Crippen molar-refractivity contribution in [2.24, 2.45) is 7.05 Å². The van der Waals surface area contributed by atoms with Crippen LogP contribution < -0.4 is 0 Å². The average Bonchev–Trinajstić information content (AvgIpc) is 2.46. The molecule has 0 radical (unpaired) electrons. The first-order chi connectivity index (χ1) is 6.14. The molecular formula is C9H14N2O2. The molecule has 13 heavy (non-hydrogen) atoms. The first-order valence-electron chi connectivity index (χ1n) is 4.39. The Hall–Kier alpha value is -0.870. The predicted molar refractivity (Wildman–Crippen MR) is 47.1 cm³/mol. The molecule has 4 heteroatoms. The van der Waals surface area contributed by atoms with Gasteiger partial charge in [-0.05, 0) is 6.07 Å². The Bertz CT molecular complexity index is 302. The summed E-state index contributed by atoms with van der Waals surface area (Å²) in [6.45, 7) is 0. The molecule has 0 atom stereocenters. The van der Waals surface area contributed by atoms with Crippen LogP contribution in [0.25, 0.3) is 0 Å². The monoisotopic (exact) mass is 182 g/mol. The van der Waals surface area contributed by atoms with Crippen LogP contribution in [-0.4, -0.2) is 28.1 Å². The van der Waals surface area contributed by atoms with E-state index in [9.17, 15) is 5.11 Å². The van der Waals surface area contributed by atoms with Gasteiger partial charge in [-0.25, -0.2) is 0 Å². The van der Waals surface area contributed by atoms with Gasteiger partial charge >= 0.3 is 0 Å². The maximum atomic E-state index is 10.0. The highest BCUT2D eigenvalue weighted by Crippen LogP contribution is 2.41. The van der Waals surface area contributed by atoms with Crippen LogP contribution in [0.1, 0.15) is 18.5 Å². The van der Waals surface area contributed by atoms with E-state index >= 15 is 0 Å². The van der Waals surface area contributed by atoms with Gasteiger partial charge in [-0.1, -0.05) is 0 Å². The van der Waals surface area contributed by atoms with Gasteiger partial charge in [0.05, 0.1) is 11.8 Å². The molecule has 0 bridgehead atoms. The predicted octanol–water partition coefficient (Wildman–Crippen LogP) is 0.417. The van der Waals surface area contributed by atoms with Crippen molar-refractivity contribution in [2.75, 3.05) is 7.11 Å². The molecule has 1 aromatic rings. The standard InChI is InChI=1S/C9H14N2O2/c1-11-4-3-8(10-11)9(12)5-7(6-9)13-2/h3-4,7,12H,5-6H2,1-2H3. The van der Waals surface area contributed by atoms with Gasteiger partial charge in [-0.2, -0.15) is 5.10 Å². The fraction of sp³-hybridized carbons (Fsp3) is 0.667. The summed E-state index contributed by atoms with van der Waals surface area (Å²) in [5.74, 6) is 0. The summed E-state index contributed by atoms with van der Waals surface area (Å²) < 4.78 is 6.82. The van der Waals surface area contributed by atoms with Crippen LogP contribution in [0.15, 0.2) is 12.3 Å². The zero-order valence-electron chi connectivity index (χ0n) is 7.90. The topological polar surface area (TPSA) is 47.3 Å². The molecule has 1 heterocycles. The second-order valence-electron chi connectivity index (χ2n) is 3.67. The minimum absolute atomic E-state index is 0.187. The third-order valence-electron chi connectivity index (χ3n) is 2.65. The van der Waals surface area contributed by atoms with Crippen LogP contribution in [0, 0.1) is 0 Å². The van der Waals surface area contributed by atoms with Gasteiger partial charge in [0.25, 0.3) is 0 Å². The van der Waals surface area contributed by atoms with E-state index in [1.165, 1.54) is 0 Å². The number of rotatable bonds is 2. The Kier molecular flexibility index (Phi) is 1.89. The van der Waals surface area contributed by atoms with Crippen LogP contribution in [0.3, 0.4) is 0 Å². The van der Waals surface area contributed by atoms with E-state index in [1.807, 2.05) is 19.3 Å². The number of aliphatic hydroxyl groups is 1. The van der Waals surface area contributed by atoms with Crippen LogP contribution in [-0.2, 0) is 17.4 Å². The van der Waals surface area contributed by atoms with Gasteiger partial charge in [0.15, 0.2) is 0 Å². The van der Waals surface area contributed by atoms with Crippen molar-refractivity contribution in [1.29, 1.82) is 0 Å². The molecule has 1 aliphatic rings. The molecule has 4 nitrogen and oxygen atoms in total. The van der Waals surface area contributed by atoms with Gasteiger partial charge in [0.1, 0.15) is 5.60 Å². The zero-order chi connectivity index (χ0) is 9.47. The summed E-state index contributed by atoms with van der Waals surface area (Å²) in [5.41, 5.74) is 0.00498. The SMILES string of the molecule is COC1CC(O)(c2ccn(C)n2)C1. The maximum Gasteiger partial charge on any atom is 0.113 e. The molecule has 72 valence electrons. The number of methoxy groups -OCH3 is 1. The normalized spacial score (nSPS) is 33.0. The molecule has 2 rings (SSSR count). The third-order valence-corrected chi connectivity index (χ3v) is 2.65. The Labute approximate surface area is 77.1 Å².